The Balaban J connectivity index is 1.26. The van der Waals surface area contributed by atoms with Crippen molar-refractivity contribution in [2.24, 2.45) is 0 Å². The van der Waals surface area contributed by atoms with E-state index in [2.05, 4.69) is 40.8 Å². The van der Waals surface area contributed by atoms with Crippen LogP contribution in [-0.4, -0.2) is 30.1 Å². The molecule has 32 heavy (non-hydrogen) atoms. The monoisotopic (exact) mass is 418 g/mol. The highest BCUT2D eigenvalue weighted by Gasteiger charge is 2.08. The quantitative estimate of drug-likeness (QED) is 0.299. The molecule has 0 radical (unpaired) electrons. The highest BCUT2D eigenvalue weighted by Crippen LogP contribution is 2.26. The summed E-state index contributed by atoms with van der Waals surface area (Å²) in [5.41, 5.74) is 5.69. The number of H-pyrrole nitrogens is 2. The standard InChI is InChI=1S/C24H18N8/c1-2-8-21-20(7-1)29-23(30-21)15-5-3-6-16(13-15)27-24-25-12-11-22(31-24)28-18-9-4-10-19-17(18)14-26-32-19/h1-14H,(H,26,32)(H,29,30)(H2,25,27,28,31). The van der Waals surface area contributed by atoms with Crippen molar-refractivity contribution < 1.29 is 0 Å². The lowest BCUT2D eigenvalue weighted by molar-refractivity contribution is 1.12. The zero-order valence-corrected chi connectivity index (χ0v) is 16.9. The number of aromatic amines is 2. The Morgan fingerprint density at radius 1 is 0.781 bits per heavy atom. The molecule has 8 heteroatoms. The molecule has 0 atom stereocenters. The van der Waals surface area contributed by atoms with Gasteiger partial charge in [-0.1, -0.05) is 30.3 Å². The number of imidazole rings is 1. The van der Waals surface area contributed by atoms with Crippen molar-refractivity contribution in [3.05, 3.63) is 85.2 Å². The Morgan fingerprint density at radius 3 is 2.66 bits per heavy atom. The first kappa shape index (κ1) is 18.1. The summed E-state index contributed by atoms with van der Waals surface area (Å²) >= 11 is 0. The summed E-state index contributed by atoms with van der Waals surface area (Å²) in [7, 11) is 0. The molecule has 0 aliphatic rings. The number of aromatic nitrogens is 6. The molecule has 0 saturated heterocycles. The van der Waals surface area contributed by atoms with Gasteiger partial charge >= 0.3 is 0 Å². The number of hydrogen-bond acceptors (Lipinski definition) is 6. The van der Waals surface area contributed by atoms with Crippen LogP contribution >= 0.6 is 0 Å². The van der Waals surface area contributed by atoms with Crippen LogP contribution in [0.25, 0.3) is 33.3 Å². The number of anilines is 4. The van der Waals surface area contributed by atoms with Crippen LogP contribution in [0.15, 0.2) is 85.2 Å². The van der Waals surface area contributed by atoms with Crippen molar-refractivity contribution in [3.63, 3.8) is 0 Å². The third kappa shape index (κ3) is 3.39. The van der Waals surface area contributed by atoms with Crippen molar-refractivity contribution in [1.82, 2.24) is 30.1 Å². The van der Waals surface area contributed by atoms with Crippen molar-refractivity contribution in [2.45, 2.75) is 0 Å². The average Bonchev–Trinajstić information content (AvgIpc) is 3.47. The lowest BCUT2D eigenvalue weighted by atomic mass is 10.2. The van der Waals surface area contributed by atoms with Gasteiger partial charge in [-0.15, -0.1) is 0 Å². The predicted octanol–water partition coefficient (Wildman–Crippen LogP) is 5.38. The molecule has 0 unspecified atom stereocenters. The minimum atomic E-state index is 0.496. The summed E-state index contributed by atoms with van der Waals surface area (Å²) in [5, 5.41) is 14.7. The maximum atomic E-state index is 4.68. The first-order valence-electron chi connectivity index (χ1n) is 10.2. The summed E-state index contributed by atoms with van der Waals surface area (Å²) in [4.78, 5) is 17.0. The zero-order valence-electron chi connectivity index (χ0n) is 16.9. The van der Waals surface area contributed by atoms with Crippen LogP contribution in [0.1, 0.15) is 0 Å². The van der Waals surface area contributed by atoms with Gasteiger partial charge in [0.15, 0.2) is 0 Å². The topological polar surface area (TPSA) is 107 Å². The van der Waals surface area contributed by atoms with E-state index in [0.717, 1.165) is 44.7 Å². The predicted molar refractivity (Wildman–Crippen MR) is 126 cm³/mol. The van der Waals surface area contributed by atoms with Gasteiger partial charge in [0.25, 0.3) is 0 Å². The third-order valence-corrected chi connectivity index (χ3v) is 5.18. The molecular formula is C24H18N8. The van der Waals surface area contributed by atoms with E-state index in [1.165, 1.54) is 0 Å². The molecule has 0 bridgehead atoms. The van der Waals surface area contributed by atoms with Gasteiger partial charge in [0.05, 0.1) is 28.4 Å². The van der Waals surface area contributed by atoms with Crippen molar-refractivity contribution in [3.8, 4) is 11.4 Å². The lowest BCUT2D eigenvalue weighted by Crippen LogP contribution is -2.00. The normalized spacial score (nSPS) is 11.1. The first-order chi connectivity index (χ1) is 15.8. The van der Waals surface area contributed by atoms with Gasteiger partial charge in [0, 0.05) is 22.8 Å². The molecule has 3 aromatic carbocycles. The maximum absolute atomic E-state index is 4.68. The van der Waals surface area contributed by atoms with Crippen LogP contribution in [-0.2, 0) is 0 Å². The van der Waals surface area contributed by atoms with Crippen LogP contribution in [0.4, 0.5) is 23.1 Å². The van der Waals surface area contributed by atoms with Crippen LogP contribution in [0.5, 0.6) is 0 Å². The van der Waals surface area contributed by atoms with E-state index in [1.54, 1.807) is 12.4 Å². The summed E-state index contributed by atoms with van der Waals surface area (Å²) in [6, 6.07) is 23.7. The van der Waals surface area contributed by atoms with Gasteiger partial charge in [-0.25, -0.2) is 9.97 Å². The molecule has 0 spiro atoms. The minimum absolute atomic E-state index is 0.496. The maximum Gasteiger partial charge on any atom is 0.229 e. The molecule has 0 aliphatic carbocycles. The molecule has 6 rings (SSSR count). The van der Waals surface area contributed by atoms with E-state index in [4.69, 9.17) is 0 Å². The van der Waals surface area contributed by atoms with Crippen LogP contribution < -0.4 is 10.6 Å². The van der Waals surface area contributed by atoms with E-state index in [-0.39, 0.29) is 0 Å². The van der Waals surface area contributed by atoms with E-state index in [1.807, 2.05) is 72.8 Å². The van der Waals surface area contributed by atoms with Crippen LogP contribution in [0.3, 0.4) is 0 Å². The smallest absolute Gasteiger partial charge is 0.229 e. The Morgan fingerprint density at radius 2 is 1.69 bits per heavy atom. The summed E-state index contributed by atoms with van der Waals surface area (Å²) < 4.78 is 0. The second-order valence-electron chi connectivity index (χ2n) is 7.34. The van der Waals surface area contributed by atoms with Gasteiger partial charge < -0.3 is 15.6 Å². The number of rotatable bonds is 5. The van der Waals surface area contributed by atoms with Gasteiger partial charge in [0.2, 0.25) is 5.95 Å². The van der Waals surface area contributed by atoms with Gasteiger partial charge in [-0.3, -0.25) is 5.10 Å². The molecule has 0 fully saturated rings. The van der Waals surface area contributed by atoms with Gasteiger partial charge in [-0.05, 0) is 42.5 Å². The molecule has 3 heterocycles. The largest absolute Gasteiger partial charge is 0.339 e. The summed E-state index contributed by atoms with van der Waals surface area (Å²) in [6.45, 7) is 0. The first-order valence-corrected chi connectivity index (χ1v) is 10.2. The molecule has 0 amide bonds. The Kier molecular flexibility index (Phi) is 4.25. The number of hydrogen-bond donors (Lipinski definition) is 4. The van der Waals surface area contributed by atoms with E-state index < -0.39 is 0 Å². The van der Waals surface area contributed by atoms with Crippen molar-refractivity contribution in [1.29, 1.82) is 0 Å². The van der Waals surface area contributed by atoms with Crippen LogP contribution in [0, 0.1) is 0 Å². The van der Waals surface area contributed by atoms with E-state index >= 15 is 0 Å². The lowest BCUT2D eigenvalue weighted by Gasteiger charge is -2.10. The van der Waals surface area contributed by atoms with Crippen molar-refractivity contribution in [2.75, 3.05) is 10.6 Å². The Labute approximate surface area is 182 Å². The molecular weight excluding hydrogens is 400 g/mol. The van der Waals surface area contributed by atoms with Gasteiger partial charge in [-0.2, -0.15) is 10.1 Å². The Hall–Kier alpha value is -4.72. The molecule has 154 valence electrons. The number of nitrogens with zero attached hydrogens (tertiary/aromatic N) is 4. The fourth-order valence-electron chi connectivity index (χ4n) is 3.67. The molecule has 6 aromatic rings. The highest BCUT2D eigenvalue weighted by molar-refractivity contribution is 5.92. The van der Waals surface area contributed by atoms with E-state index in [9.17, 15) is 0 Å². The fraction of sp³-hybridized carbons (Fsp3) is 0. The fourth-order valence-corrected chi connectivity index (χ4v) is 3.67. The van der Waals surface area contributed by atoms with E-state index in [0.29, 0.717) is 11.8 Å². The molecule has 3 aromatic heterocycles. The van der Waals surface area contributed by atoms with Crippen LogP contribution in [0.2, 0.25) is 0 Å². The number of fused-ring (bicyclic) bond motifs is 2. The summed E-state index contributed by atoms with van der Waals surface area (Å²) in [6.07, 6.45) is 3.51. The molecule has 0 saturated carbocycles. The molecule has 4 N–H and O–H groups in total. The number of benzene rings is 3. The zero-order chi connectivity index (χ0) is 21.3. The second-order valence-corrected chi connectivity index (χ2v) is 7.34. The minimum Gasteiger partial charge on any atom is -0.339 e. The second kappa shape index (κ2) is 7.51. The third-order valence-electron chi connectivity index (χ3n) is 5.18. The molecule has 8 nitrogen and oxygen atoms in total. The highest BCUT2D eigenvalue weighted by atomic mass is 15.1. The molecule has 0 aliphatic heterocycles. The van der Waals surface area contributed by atoms with Crippen molar-refractivity contribution >= 4 is 45.1 Å². The number of para-hydroxylation sites is 2. The number of nitrogens with one attached hydrogen (secondary N) is 4. The average molecular weight is 418 g/mol. The van der Waals surface area contributed by atoms with Gasteiger partial charge in [0.1, 0.15) is 11.6 Å². The SMILES string of the molecule is c1cc(Nc2nccc(Nc3cccc4[nH]ncc34)n2)cc(-c2nc3ccccc3[nH]2)c1. The summed E-state index contributed by atoms with van der Waals surface area (Å²) in [5.74, 6) is 2.00. The Bertz CT molecular complexity index is 1520.